The number of aromatic nitrogens is 2. The number of nitrogens with one attached hydrogen (secondary N) is 1. The van der Waals surface area contributed by atoms with Crippen LogP contribution in [-0.2, 0) is 20.2 Å². The number of ether oxygens (including phenoxy) is 3. The minimum absolute atomic E-state index is 0.124. The summed E-state index contributed by atoms with van der Waals surface area (Å²) in [7, 11) is -3.20. The summed E-state index contributed by atoms with van der Waals surface area (Å²) in [4.78, 5) is 47.0. The van der Waals surface area contributed by atoms with Gasteiger partial charge in [0.2, 0.25) is 5.88 Å². The highest BCUT2D eigenvalue weighted by molar-refractivity contribution is 7.92. The fourth-order valence-electron chi connectivity index (χ4n) is 5.07. The molecule has 4 heterocycles. The molecule has 2 aromatic heterocycles. The van der Waals surface area contributed by atoms with Crippen LogP contribution in [0.3, 0.4) is 0 Å². The highest BCUT2D eigenvalue weighted by Crippen LogP contribution is 2.34. The first-order chi connectivity index (χ1) is 22.6. The molecule has 3 amide bonds. The van der Waals surface area contributed by atoms with Gasteiger partial charge in [0.1, 0.15) is 35.6 Å². The van der Waals surface area contributed by atoms with Crippen LogP contribution in [0, 0.1) is 11.6 Å². The third kappa shape index (κ3) is 7.19. The number of benzene rings is 2. The molecule has 0 aliphatic carbocycles. The number of halogens is 2. The Morgan fingerprint density at radius 3 is 2.49 bits per heavy atom. The van der Waals surface area contributed by atoms with Crippen molar-refractivity contribution in [2.75, 3.05) is 37.9 Å². The number of hydrogen-bond acceptors (Lipinski definition) is 10. The van der Waals surface area contributed by atoms with Crippen molar-refractivity contribution < 1.29 is 41.6 Å². The lowest BCUT2D eigenvalue weighted by Crippen LogP contribution is -2.33. The van der Waals surface area contributed by atoms with Crippen LogP contribution in [0.4, 0.5) is 25.2 Å². The van der Waals surface area contributed by atoms with Crippen molar-refractivity contribution in [3.8, 4) is 22.8 Å². The van der Waals surface area contributed by atoms with E-state index in [0.29, 0.717) is 17.5 Å². The Hall–Kier alpha value is -5.44. The smallest absolute Gasteiger partial charge is 0.441 e. The van der Waals surface area contributed by atoms with Crippen LogP contribution in [0.2, 0.25) is 0 Å². The van der Waals surface area contributed by atoms with E-state index in [0.717, 1.165) is 11.1 Å². The summed E-state index contributed by atoms with van der Waals surface area (Å²) in [5.74, 6) is -1.60. The Morgan fingerprint density at radius 1 is 0.979 bits per heavy atom. The van der Waals surface area contributed by atoms with E-state index in [2.05, 4.69) is 19.6 Å². The molecule has 4 aromatic rings. The average Bonchev–Trinajstić information content (AvgIpc) is 3.26. The Bertz CT molecular complexity index is 2000. The minimum atomic E-state index is -3.20. The van der Waals surface area contributed by atoms with Crippen LogP contribution < -0.4 is 14.8 Å². The quantitative estimate of drug-likeness (QED) is 0.277. The molecule has 0 spiro atoms. The molecule has 1 unspecified atom stereocenters. The third-order valence-corrected chi connectivity index (χ3v) is 8.53. The summed E-state index contributed by atoms with van der Waals surface area (Å²) in [5, 5.41) is 2.98. The fourth-order valence-corrected chi connectivity index (χ4v) is 6.29. The Morgan fingerprint density at radius 2 is 1.72 bits per heavy atom. The zero-order valence-corrected chi connectivity index (χ0v) is 25.7. The molecule has 2 aliphatic heterocycles. The molecule has 12 nitrogen and oxygen atoms in total. The molecule has 2 aliphatic rings. The number of amides is 3. The maximum Gasteiger partial charge on any atom is 0.441 e. The Balaban J connectivity index is 1.18. The topological polar surface area (TPSA) is 149 Å². The summed E-state index contributed by atoms with van der Waals surface area (Å²) in [6, 6.07) is 14.7. The van der Waals surface area contributed by atoms with E-state index in [1.54, 1.807) is 36.4 Å². The van der Waals surface area contributed by atoms with Crippen LogP contribution in [0.1, 0.15) is 32.7 Å². The van der Waals surface area contributed by atoms with Gasteiger partial charge < -0.3 is 19.5 Å². The maximum atomic E-state index is 14.9. The molecular formula is C32H27F2N5O7S. The molecule has 1 N–H and O–H groups in total. The number of carbonyl (C=O) groups is 3. The molecule has 47 heavy (non-hydrogen) atoms. The predicted molar refractivity (Wildman–Crippen MR) is 166 cm³/mol. The van der Waals surface area contributed by atoms with E-state index < -0.39 is 39.3 Å². The number of anilines is 2. The highest BCUT2D eigenvalue weighted by atomic mass is 32.2. The number of nitrogens with zero attached hydrogens (tertiary/aromatic N) is 4. The summed E-state index contributed by atoms with van der Waals surface area (Å²) >= 11 is 0. The number of fused-ring (bicyclic) bond motifs is 7. The molecule has 2 aromatic carbocycles. The molecule has 15 heteroatoms. The van der Waals surface area contributed by atoms with Crippen LogP contribution in [0.15, 0.2) is 71.2 Å². The van der Waals surface area contributed by atoms with E-state index >= 15 is 0 Å². The SMILES string of the molecule is CS(=O)(Cc1cc2nc(c1)OCCCOc1cc(F)ccc1-c1cc(ncc1F)N2)=NC(=O)OCCN1C(=O)c2ccccc2C1=O. The number of hydrogen-bond donors (Lipinski definition) is 1. The van der Waals surface area contributed by atoms with Crippen molar-refractivity contribution >= 4 is 39.3 Å². The molecule has 0 fully saturated rings. The van der Waals surface area contributed by atoms with Gasteiger partial charge in [-0.25, -0.2) is 22.8 Å². The zero-order chi connectivity index (χ0) is 33.1. The van der Waals surface area contributed by atoms with Gasteiger partial charge in [-0.1, -0.05) is 12.1 Å². The first kappa shape index (κ1) is 31.5. The van der Waals surface area contributed by atoms with E-state index in [9.17, 15) is 27.4 Å². The maximum absolute atomic E-state index is 14.9. The number of rotatable bonds is 5. The molecule has 0 saturated heterocycles. The second kappa shape index (κ2) is 13.1. The first-order valence-electron chi connectivity index (χ1n) is 14.4. The Kier molecular flexibility index (Phi) is 8.80. The van der Waals surface area contributed by atoms with E-state index in [4.69, 9.17) is 14.2 Å². The predicted octanol–water partition coefficient (Wildman–Crippen LogP) is 5.36. The lowest BCUT2D eigenvalue weighted by Gasteiger charge is -2.16. The minimum Gasteiger partial charge on any atom is -0.493 e. The molecule has 4 bridgehead atoms. The van der Waals surface area contributed by atoms with Gasteiger partial charge in [-0.3, -0.25) is 14.5 Å². The first-order valence-corrected chi connectivity index (χ1v) is 16.5. The van der Waals surface area contributed by atoms with Gasteiger partial charge in [0, 0.05) is 35.9 Å². The normalized spacial score (nSPS) is 15.2. The summed E-state index contributed by atoms with van der Waals surface area (Å²) in [6.07, 6.45) is 1.55. The van der Waals surface area contributed by atoms with Gasteiger partial charge in [0.15, 0.2) is 0 Å². The Labute approximate surface area is 267 Å². The van der Waals surface area contributed by atoms with Crippen molar-refractivity contribution in [1.29, 1.82) is 0 Å². The number of pyridine rings is 2. The van der Waals surface area contributed by atoms with Crippen molar-refractivity contribution in [3.63, 3.8) is 0 Å². The van der Waals surface area contributed by atoms with Gasteiger partial charge in [0.25, 0.3) is 11.8 Å². The highest BCUT2D eigenvalue weighted by Gasteiger charge is 2.34. The van der Waals surface area contributed by atoms with E-state index in [1.807, 2.05) is 0 Å². The lowest BCUT2D eigenvalue weighted by molar-refractivity contribution is 0.0609. The number of imide groups is 1. The van der Waals surface area contributed by atoms with Crippen molar-refractivity contribution in [2.24, 2.45) is 4.36 Å². The lowest BCUT2D eigenvalue weighted by atomic mass is 10.0. The van der Waals surface area contributed by atoms with Crippen molar-refractivity contribution in [2.45, 2.75) is 12.2 Å². The summed E-state index contributed by atoms with van der Waals surface area (Å²) in [5.41, 5.74) is 1.44. The summed E-state index contributed by atoms with van der Waals surface area (Å²) in [6.45, 7) is -0.229. The molecule has 0 radical (unpaired) electrons. The van der Waals surface area contributed by atoms with Gasteiger partial charge >= 0.3 is 6.09 Å². The second-order valence-electron chi connectivity index (χ2n) is 10.7. The van der Waals surface area contributed by atoms with Crippen molar-refractivity contribution in [3.05, 3.63) is 95.2 Å². The summed E-state index contributed by atoms with van der Waals surface area (Å²) < 4.78 is 62.6. The zero-order valence-electron chi connectivity index (χ0n) is 24.9. The van der Waals surface area contributed by atoms with Crippen LogP contribution in [0.25, 0.3) is 11.1 Å². The van der Waals surface area contributed by atoms with Gasteiger partial charge in [-0.05, 0) is 42.0 Å². The molecular weight excluding hydrogens is 636 g/mol. The largest absolute Gasteiger partial charge is 0.493 e. The second-order valence-corrected chi connectivity index (χ2v) is 13.1. The average molecular weight is 664 g/mol. The van der Waals surface area contributed by atoms with E-state index in [1.165, 1.54) is 30.5 Å². The van der Waals surface area contributed by atoms with Gasteiger partial charge in [-0.2, -0.15) is 4.98 Å². The fraction of sp³-hybridized carbons (Fsp3) is 0.219. The molecule has 242 valence electrons. The van der Waals surface area contributed by atoms with Crippen molar-refractivity contribution in [1.82, 2.24) is 14.9 Å². The van der Waals surface area contributed by atoms with Crippen LogP contribution in [-0.4, -0.2) is 69.6 Å². The molecule has 0 saturated carbocycles. The standard InChI is InChI=1S/C32H27F2N5O7S/c1-47(43,38-32(42)46-12-9-39-30(40)22-5-2-3-6-23(22)31(39)41)18-19-13-28-36-27-16-24(25(34)17-35-27)21-8-7-20(33)15-26(21)44-10-4-11-45-29(14-19)37-28/h2-3,5-8,13-17H,4,9-12,18H2,1H3,(H,35,36,37). The monoisotopic (exact) mass is 663 g/mol. The third-order valence-electron chi connectivity index (χ3n) is 7.12. The van der Waals surface area contributed by atoms with E-state index in [-0.39, 0.29) is 72.1 Å². The van der Waals surface area contributed by atoms with Gasteiger partial charge in [-0.15, -0.1) is 4.36 Å². The van der Waals surface area contributed by atoms with Crippen LogP contribution in [0.5, 0.6) is 11.6 Å². The van der Waals surface area contributed by atoms with Crippen LogP contribution >= 0.6 is 0 Å². The molecule has 1 atom stereocenters. The molecule has 6 rings (SSSR count). The van der Waals surface area contributed by atoms with Gasteiger partial charge in [0.05, 0.1) is 52.6 Å². The number of carbonyl (C=O) groups excluding carboxylic acids is 3.